The molecule has 0 aliphatic heterocycles. The van der Waals surface area contributed by atoms with E-state index in [2.05, 4.69) is 19.2 Å². The Morgan fingerprint density at radius 1 is 1.27 bits per heavy atom. The van der Waals surface area contributed by atoms with E-state index in [0.29, 0.717) is 18.0 Å². The van der Waals surface area contributed by atoms with Crippen molar-refractivity contribution >= 4 is 22.0 Å². The Bertz CT molecular complexity index is 627. The molecule has 1 heterocycles. The van der Waals surface area contributed by atoms with Crippen LogP contribution in [0, 0.1) is 5.92 Å². The molecule has 0 saturated heterocycles. The molecular formula is C14H23N3O4S. The van der Waals surface area contributed by atoms with E-state index >= 15 is 0 Å². The van der Waals surface area contributed by atoms with Gasteiger partial charge in [0.1, 0.15) is 5.56 Å². The highest BCUT2D eigenvalue weighted by Crippen LogP contribution is 2.18. The van der Waals surface area contributed by atoms with Crippen molar-refractivity contribution in [3.05, 3.63) is 23.4 Å². The van der Waals surface area contributed by atoms with Crippen LogP contribution in [0.15, 0.2) is 12.1 Å². The van der Waals surface area contributed by atoms with Gasteiger partial charge in [-0.1, -0.05) is 13.8 Å². The molecule has 0 spiro atoms. The van der Waals surface area contributed by atoms with E-state index in [1.165, 1.54) is 13.2 Å². The second-order valence-corrected chi connectivity index (χ2v) is 7.11. The predicted molar refractivity (Wildman–Crippen MR) is 84.9 cm³/mol. The van der Waals surface area contributed by atoms with Crippen molar-refractivity contribution < 1.29 is 17.9 Å². The van der Waals surface area contributed by atoms with E-state index in [1.807, 2.05) is 13.8 Å². The monoisotopic (exact) mass is 329 g/mol. The highest BCUT2D eigenvalue weighted by molar-refractivity contribution is 7.90. The molecular weight excluding hydrogens is 306 g/mol. The van der Waals surface area contributed by atoms with Gasteiger partial charge in [-0.3, -0.25) is 4.72 Å². The molecule has 0 saturated carbocycles. The molecule has 124 valence electrons. The maximum atomic E-state index is 12.0. The van der Waals surface area contributed by atoms with Gasteiger partial charge in [-0.05, 0) is 38.3 Å². The van der Waals surface area contributed by atoms with Crippen molar-refractivity contribution in [3.8, 4) is 0 Å². The average molecular weight is 329 g/mol. The van der Waals surface area contributed by atoms with E-state index in [9.17, 15) is 13.2 Å². The lowest BCUT2D eigenvalue weighted by molar-refractivity contribution is 0.0601. The molecule has 0 amide bonds. The molecule has 8 heteroatoms. The zero-order chi connectivity index (χ0) is 16.9. The van der Waals surface area contributed by atoms with Crippen molar-refractivity contribution in [2.24, 2.45) is 5.92 Å². The number of nitrogens with one attached hydrogen (secondary N) is 2. The first-order valence-electron chi connectivity index (χ1n) is 7.03. The minimum Gasteiger partial charge on any atom is -0.465 e. The van der Waals surface area contributed by atoms with Crippen molar-refractivity contribution in [1.29, 1.82) is 0 Å². The zero-order valence-corrected chi connectivity index (χ0v) is 14.3. The van der Waals surface area contributed by atoms with Crippen LogP contribution in [0.3, 0.4) is 0 Å². The third-order valence-electron chi connectivity index (χ3n) is 2.60. The largest absolute Gasteiger partial charge is 0.465 e. The van der Waals surface area contributed by atoms with Gasteiger partial charge in [-0.15, -0.1) is 0 Å². The normalized spacial score (nSPS) is 11.8. The van der Waals surface area contributed by atoms with Crippen LogP contribution in [0.1, 0.15) is 43.7 Å². The molecule has 0 atom stereocenters. The van der Waals surface area contributed by atoms with E-state index in [4.69, 9.17) is 0 Å². The molecule has 1 aromatic heterocycles. The number of hydrogen-bond acceptors (Lipinski definition) is 5. The second kappa shape index (κ2) is 7.55. The van der Waals surface area contributed by atoms with Crippen molar-refractivity contribution in [3.63, 3.8) is 0 Å². The van der Waals surface area contributed by atoms with Gasteiger partial charge in [-0.2, -0.15) is 13.1 Å². The van der Waals surface area contributed by atoms with Gasteiger partial charge in [0, 0.05) is 11.7 Å². The molecule has 0 aliphatic rings. The smallest absolute Gasteiger partial charge is 0.341 e. The number of methoxy groups -OCH3 is 1. The van der Waals surface area contributed by atoms with Gasteiger partial charge >= 0.3 is 16.2 Å². The average Bonchev–Trinajstić information content (AvgIpc) is 2.35. The number of ether oxygens (including phenoxy) is 1. The van der Waals surface area contributed by atoms with E-state index in [-0.39, 0.29) is 17.4 Å². The van der Waals surface area contributed by atoms with E-state index in [0.717, 1.165) is 0 Å². The second-order valence-electron chi connectivity index (χ2n) is 5.67. The number of nitrogens with zero attached hydrogens (tertiary/aromatic N) is 1. The summed E-state index contributed by atoms with van der Waals surface area (Å²) in [4.78, 5) is 16.0. The number of rotatable bonds is 7. The highest BCUT2D eigenvalue weighted by atomic mass is 32.2. The van der Waals surface area contributed by atoms with Crippen LogP contribution < -0.4 is 9.44 Å². The van der Waals surface area contributed by atoms with Crippen LogP contribution in [0.2, 0.25) is 0 Å². The third-order valence-corrected chi connectivity index (χ3v) is 3.84. The molecule has 0 fully saturated rings. The number of carbonyl (C=O) groups is 1. The molecule has 0 unspecified atom stereocenters. The van der Waals surface area contributed by atoms with Crippen molar-refractivity contribution in [2.45, 2.75) is 40.2 Å². The standard InChI is InChI=1S/C14H23N3O4S/c1-9(2)8-11-6-7-12(14(18)21-5)13(15-11)17-22(19,20)16-10(3)4/h6-7,9-10,16H,8H2,1-5H3,(H,15,17). The summed E-state index contributed by atoms with van der Waals surface area (Å²) in [6.45, 7) is 7.45. The molecule has 0 aliphatic carbocycles. The number of anilines is 1. The van der Waals surface area contributed by atoms with Gasteiger partial charge < -0.3 is 4.74 Å². The Hall–Kier alpha value is -1.67. The van der Waals surface area contributed by atoms with Gasteiger partial charge in [0.15, 0.2) is 5.82 Å². The van der Waals surface area contributed by atoms with Gasteiger partial charge in [0.05, 0.1) is 7.11 Å². The maximum absolute atomic E-state index is 12.0. The van der Waals surface area contributed by atoms with E-state index in [1.54, 1.807) is 19.9 Å². The number of aromatic nitrogens is 1. The van der Waals surface area contributed by atoms with Crippen molar-refractivity contribution in [1.82, 2.24) is 9.71 Å². The summed E-state index contributed by atoms with van der Waals surface area (Å²) in [5.41, 5.74) is 0.772. The van der Waals surface area contributed by atoms with Crippen LogP contribution in [0.25, 0.3) is 0 Å². The molecule has 0 aromatic carbocycles. The lowest BCUT2D eigenvalue weighted by atomic mass is 10.1. The minimum absolute atomic E-state index is 0.0295. The number of carbonyl (C=O) groups excluding carboxylic acids is 1. The first kappa shape index (κ1) is 18.4. The fourth-order valence-corrected chi connectivity index (χ4v) is 2.94. The fraction of sp³-hybridized carbons (Fsp3) is 0.571. The minimum atomic E-state index is -3.81. The zero-order valence-electron chi connectivity index (χ0n) is 13.5. The van der Waals surface area contributed by atoms with Crippen LogP contribution in [-0.2, 0) is 21.4 Å². The fourth-order valence-electron chi connectivity index (χ4n) is 1.85. The first-order chi connectivity index (χ1) is 10.1. The van der Waals surface area contributed by atoms with Gasteiger partial charge in [0.25, 0.3) is 0 Å². The lowest BCUT2D eigenvalue weighted by Gasteiger charge is -2.14. The maximum Gasteiger partial charge on any atom is 0.341 e. The summed E-state index contributed by atoms with van der Waals surface area (Å²) in [5.74, 6) is -0.321. The third kappa shape index (κ3) is 5.61. The Kier molecular flexibility index (Phi) is 6.31. The van der Waals surface area contributed by atoms with Crippen LogP contribution in [0.5, 0.6) is 0 Å². The molecule has 2 N–H and O–H groups in total. The number of esters is 1. The summed E-state index contributed by atoms with van der Waals surface area (Å²) in [6.07, 6.45) is 0.674. The predicted octanol–water partition coefficient (Wildman–Crippen LogP) is 1.72. The summed E-state index contributed by atoms with van der Waals surface area (Å²) in [7, 11) is -2.58. The van der Waals surface area contributed by atoms with Crippen LogP contribution in [0.4, 0.5) is 5.82 Å². The Balaban J connectivity index is 3.19. The molecule has 1 aromatic rings. The highest BCUT2D eigenvalue weighted by Gasteiger charge is 2.20. The first-order valence-corrected chi connectivity index (χ1v) is 8.51. The quantitative estimate of drug-likeness (QED) is 0.742. The van der Waals surface area contributed by atoms with Gasteiger partial charge in [0.2, 0.25) is 0 Å². The molecule has 1 rings (SSSR count). The molecule has 0 radical (unpaired) electrons. The molecule has 0 bridgehead atoms. The molecule has 22 heavy (non-hydrogen) atoms. The Morgan fingerprint density at radius 2 is 1.91 bits per heavy atom. The van der Waals surface area contributed by atoms with Crippen LogP contribution >= 0.6 is 0 Å². The van der Waals surface area contributed by atoms with Crippen molar-refractivity contribution in [2.75, 3.05) is 11.8 Å². The number of pyridine rings is 1. The summed E-state index contributed by atoms with van der Waals surface area (Å²) in [6, 6.07) is 2.93. The summed E-state index contributed by atoms with van der Waals surface area (Å²) >= 11 is 0. The number of hydrogen-bond donors (Lipinski definition) is 2. The van der Waals surface area contributed by atoms with Crippen LogP contribution in [-0.4, -0.2) is 32.5 Å². The lowest BCUT2D eigenvalue weighted by Crippen LogP contribution is -2.36. The summed E-state index contributed by atoms with van der Waals surface area (Å²) in [5, 5.41) is 0. The van der Waals surface area contributed by atoms with Gasteiger partial charge in [-0.25, -0.2) is 9.78 Å². The topological polar surface area (TPSA) is 97.4 Å². The molecule has 7 nitrogen and oxygen atoms in total. The van der Waals surface area contributed by atoms with E-state index < -0.39 is 16.2 Å². The summed E-state index contributed by atoms with van der Waals surface area (Å²) < 4.78 is 33.3. The SMILES string of the molecule is COC(=O)c1ccc(CC(C)C)nc1NS(=O)(=O)NC(C)C. The Morgan fingerprint density at radius 3 is 2.41 bits per heavy atom. The Labute approximate surface area is 131 Å².